The molecule has 0 aliphatic heterocycles. The van der Waals surface area contributed by atoms with Gasteiger partial charge in [0.2, 0.25) is 0 Å². The number of nitrogens with two attached hydrogens (primary N) is 1. The minimum atomic E-state index is 0. The smallest absolute Gasteiger partial charge is 0.342 e. The van der Waals surface area contributed by atoms with Gasteiger partial charge in [0, 0.05) is 0 Å². The van der Waals surface area contributed by atoms with Crippen LogP contribution >= 0.6 is 0 Å². The fraction of sp³-hybridized carbons (Fsp3) is 0.800. The second-order valence-corrected chi connectivity index (χ2v) is 1.46. The first-order valence-electron chi connectivity index (χ1n) is 2.36. The van der Waals surface area contributed by atoms with Crippen LogP contribution in [0, 0.1) is 6.92 Å². The average molecular weight is 175 g/mol. The molecule has 0 saturated carbocycles. The van der Waals surface area contributed by atoms with Crippen LogP contribution in [0.5, 0.6) is 0 Å². The van der Waals surface area contributed by atoms with Gasteiger partial charge in [0.25, 0.3) is 0 Å². The molecule has 0 heterocycles. The molecule has 0 aromatic rings. The minimum absolute atomic E-state index is 0. The normalized spacial score (nSPS) is 12.4. The van der Waals surface area contributed by atoms with Gasteiger partial charge in [-0.15, -0.1) is 0 Å². The van der Waals surface area contributed by atoms with Crippen molar-refractivity contribution in [2.24, 2.45) is 5.73 Å². The van der Waals surface area contributed by atoms with E-state index in [9.17, 15) is 0 Å². The number of hydrogen-bond acceptors (Lipinski definition) is 1. The monoisotopic (exact) mass is 175 g/mol. The largest absolute Gasteiger partial charge is 3.00 e. The Morgan fingerprint density at radius 1 is 1.71 bits per heavy atom. The molecule has 0 aromatic heterocycles. The third-order valence-electron chi connectivity index (χ3n) is 0.895. The van der Waals surface area contributed by atoms with E-state index in [4.69, 9.17) is 5.73 Å². The zero-order chi connectivity index (χ0) is 4.99. The van der Waals surface area contributed by atoms with E-state index in [2.05, 4.69) is 13.8 Å². The van der Waals surface area contributed by atoms with Crippen molar-refractivity contribution in [1.82, 2.24) is 0 Å². The Morgan fingerprint density at radius 2 is 2.14 bits per heavy atom. The van der Waals surface area contributed by atoms with Crippen molar-refractivity contribution < 1.29 is 32.7 Å². The molecule has 0 rings (SSSR count). The van der Waals surface area contributed by atoms with Crippen molar-refractivity contribution in [3.8, 4) is 0 Å². The third-order valence-corrected chi connectivity index (χ3v) is 0.895. The molecule has 2 N–H and O–H groups in total. The third kappa shape index (κ3) is 7.06. The standard InChI is InChI=1S/C5H12N.Y/c1-3-5(6)4-2;/h5H,1,3-4,6H2,2H3;/q-1;+3. The molecule has 1 unspecified atom stereocenters. The molecule has 0 radical (unpaired) electrons. The van der Waals surface area contributed by atoms with E-state index in [1.54, 1.807) is 0 Å². The van der Waals surface area contributed by atoms with Crippen LogP contribution in [0.15, 0.2) is 0 Å². The second kappa shape index (κ2) is 7.06. The van der Waals surface area contributed by atoms with Crippen molar-refractivity contribution >= 4 is 0 Å². The van der Waals surface area contributed by atoms with E-state index in [-0.39, 0.29) is 32.7 Å². The van der Waals surface area contributed by atoms with E-state index in [0.29, 0.717) is 6.04 Å². The summed E-state index contributed by atoms with van der Waals surface area (Å²) < 4.78 is 0. The summed E-state index contributed by atoms with van der Waals surface area (Å²) in [6.45, 7) is 5.70. The molecule has 0 aliphatic carbocycles. The van der Waals surface area contributed by atoms with Gasteiger partial charge in [-0.1, -0.05) is 6.92 Å². The van der Waals surface area contributed by atoms with Gasteiger partial charge in [-0.2, -0.15) is 6.42 Å². The maximum absolute atomic E-state index is 5.41. The molecule has 1 atom stereocenters. The van der Waals surface area contributed by atoms with Gasteiger partial charge < -0.3 is 12.7 Å². The maximum atomic E-state index is 5.41. The summed E-state index contributed by atoms with van der Waals surface area (Å²) >= 11 is 0. The first-order valence-corrected chi connectivity index (χ1v) is 2.36. The van der Waals surface area contributed by atoms with E-state index in [1.807, 2.05) is 0 Å². The molecule has 0 bridgehead atoms. The Bertz CT molecular complexity index is 27.3. The van der Waals surface area contributed by atoms with Crippen molar-refractivity contribution in [3.63, 3.8) is 0 Å². The van der Waals surface area contributed by atoms with Gasteiger partial charge in [-0.25, -0.2) is 0 Å². The fourth-order valence-corrected chi connectivity index (χ4v) is 0.204. The molecular formula is C5H12NY+2. The van der Waals surface area contributed by atoms with Gasteiger partial charge >= 0.3 is 32.7 Å². The number of hydrogen-bond donors (Lipinski definition) is 1. The predicted octanol–water partition coefficient (Wildman–Crippen LogP) is 0.945. The van der Waals surface area contributed by atoms with E-state index < -0.39 is 0 Å². The molecule has 0 fully saturated rings. The molecule has 38 valence electrons. The Balaban J connectivity index is 0. The summed E-state index contributed by atoms with van der Waals surface area (Å²) in [5.41, 5.74) is 5.41. The zero-order valence-corrected chi connectivity index (χ0v) is 7.69. The van der Waals surface area contributed by atoms with Crippen molar-refractivity contribution in [3.05, 3.63) is 6.92 Å². The van der Waals surface area contributed by atoms with Gasteiger partial charge in [0.05, 0.1) is 0 Å². The van der Waals surface area contributed by atoms with E-state index in [0.717, 1.165) is 12.8 Å². The van der Waals surface area contributed by atoms with E-state index >= 15 is 0 Å². The SMILES string of the molecule is [CH2-]CC(N)CC.[Y+3]. The molecule has 7 heavy (non-hydrogen) atoms. The topological polar surface area (TPSA) is 26.0 Å². The van der Waals surface area contributed by atoms with Crippen LogP contribution in [-0.4, -0.2) is 6.04 Å². The van der Waals surface area contributed by atoms with Gasteiger partial charge in [-0.05, 0) is 12.5 Å². The molecule has 0 amide bonds. The molecule has 2 heteroatoms. The molecule has 0 spiro atoms. The summed E-state index contributed by atoms with van der Waals surface area (Å²) in [5.74, 6) is 0. The second-order valence-electron chi connectivity index (χ2n) is 1.46. The molecular weight excluding hydrogens is 163 g/mol. The van der Waals surface area contributed by atoms with Gasteiger partial charge in [0.15, 0.2) is 0 Å². The Kier molecular flexibility index (Phi) is 11.0. The van der Waals surface area contributed by atoms with Crippen LogP contribution in [0.3, 0.4) is 0 Å². The summed E-state index contributed by atoms with van der Waals surface area (Å²) in [7, 11) is 0. The molecule has 0 aromatic carbocycles. The molecule has 0 saturated heterocycles. The van der Waals surface area contributed by atoms with Crippen LogP contribution < -0.4 is 5.73 Å². The Morgan fingerprint density at radius 3 is 2.14 bits per heavy atom. The van der Waals surface area contributed by atoms with Crippen LogP contribution in [-0.2, 0) is 32.7 Å². The number of rotatable bonds is 2. The summed E-state index contributed by atoms with van der Waals surface area (Å²) in [4.78, 5) is 0. The van der Waals surface area contributed by atoms with Gasteiger partial charge in [-0.3, -0.25) is 0 Å². The van der Waals surface area contributed by atoms with Crippen LogP contribution in [0.25, 0.3) is 0 Å². The zero-order valence-electron chi connectivity index (χ0n) is 4.85. The quantitative estimate of drug-likeness (QED) is 0.621. The summed E-state index contributed by atoms with van der Waals surface area (Å²) in [6.07, 6.45) is 1.90. The molecule has 0 aliphatic rings. The summed E-state index contributed by atoms with van der Waals surface area (Å²) in [5, 5.41) is 0. The Hall–Kier alpha value is 1.06. The first-order chi connectivity index (χ1) is 2.81. The van der Waals surface area contributed by atoms with E-state index in [1.165, 1.54) is 0 Å². The minimum Gasteiger partial charge on any atom is -0.342 e. The average Bonchev–Trinajstić information content (AvgIpc) is 1.65. The van der Waals surface area contributed by atoms with Crippen LogP contribution in [0.4, 0.5) is 0 Å². The van der Waals surface area contributed by atoms with Crippen LogP contribution in [0.1, 0.15) is 19.8 Å². The molecule has 1 nitrogen and oxygen atoms in total. The van der Waals surface area contributed by atoms with Crippen molar-refractivity contribution in [2.75, 3.05) is 0 Å². The van der Waals surface area contributed by atoms with Crippen LogP contribution in [0.2, 0.25) is 0 Å². The maximum Gasteiger partial charge on any atom is 3.00 e. The summed E-state index contributed by atoms with van der Waals surface area (Å²) in [6, 6.07) is 0.324. The fourth-order valence-electron chi connectivity index (χ4n) is 0.204. The van der Waals surface area contributed by atoms with Crippen molar-refractivity contribution in [2.45, 2.75) is 25.8 Å². The van der Waals surface area contributed by atoms with Crippen molar-refractivity contribution in [1.29, 1.82) is 0 Å². The van der Waals surface area contributed by atoms with Gasteiger partial charge in [0.1, 0.15) is 0 Å². The Labute approximate surface area is 70.9 Å². The first kappa shape index (κ1) is 10.9. The predicted molar refractivity (Wildman–Crippen MR) is 28.2 cm³/mol.